The number of aromatic amines is 1. The Morgan fingerprint density at radius 3 is 2.20 bits per heavy atom. The Kier molecular flexibility index (Phi) is 11.1. The second kappa shape index (κ2) is 13.5. The fourth-order valence-corrected chi connectivity index (χ4v) is 16.8. The number of ether oxygens (including phenoxy) is 4. The molecule has 3 rings (SSSR count). The minimum Gasteiger partial charge on any atom is -0.463 e. The van der Waals surface area contributed by atoms with Crippen LogP contribution < -0.4 is 11.2 Å². The van der Waals surface area contributed by atoms with Crippen molar-refractivity contribution in [2.75, 3.05) is 26.6 Å². The standard InChI is InChI=1S/C26H46N2O10Si2/c1-16(2)39(17(3)4)35-14-21-23(37-40(38-39,18(5)6)19(7)8)24(34-15-32-12-13-33-20(9)29)25(36-21)28-11-10-22(30)27-26(28)31/h10-11,16-19,21,23-25H,12-15H2,1-9H3,(H,27,30,31)/t21-,23-,24-,25-/m1/s1. The van der Waals surface area contributed by atoms with Crippen molar-refractivity contribution in [3.8, 4) is 0 Å². The predicted octanol–water partition coefficient (Wildman–Crippen LogP) is 3.31. The summed E-state index contributed by atoms with van der Waals surface area (Å²) < 4.78 is 45.6. The van der Waals surface area contributed by atoms with Gasteiger partial charge in [-0.15, -0.1) is 0 Å². The molecule has 2 fully saturated rings. The molecule has 2 saturated heterocycles. The van der Waals surface area contributed by atoms with Gasteiger partial charge in [0.1, 0.15) is 31.7 Å². The molecule has 0 bridgehead atoms. The molecular weight excluding hydrogens is 556 g/mol. The third-order valence-corrected chi connectivity index (χ3v) is 17.9. The lowest BCUT2D eigenvalue weighted by molar-refractivity contribution is -0.154. The summed E-state index contributed by atoms with van der Waals surface area (Å²) in [5.74, 6) is -0.400. The van der Waals surface area contributed by atoms with Crippen LogP contribution in [0.5, 0.6) is 0 Å². The van der Waals surface area contributed by atoms with Crippen LogP contribution in [-0.4, -0.2) is 77.6 Å². The summed E-state index contributed by atoms with van der Waals surface area (Å²) in [6, 6.07) is 1.26. The SMILES string of the molecule is CC(=O)OCCOCO[C@@H]1[C@@H]2O[Si](C(C)C)(C(C)C)O[Si](C(C)C)(C(C)C)OC[C@H]2O[C@H]1n1ccc(=O)[nH]c1=O. The average Bonchev–Trinajstić information content (AvgIpc) is 3.16. The van der Waals surface area contributed by atoms with E-state index in [1.54, 1.807) is 0 Å². The Hall–Kier alpha value is -1.66. The summed E-state index contributed by atoms with van der Waals surface area (Å²) in [7, 11) is -5.80. The van der Waals surface area contributed by atoms with Gasteiger partial charge in [0, 0.05) is 19.2 Å². The molecular formula is C26H46N2O10Si2. The van der Waals surface area contributed by atoms with Gasteiger partial charge in [0.15, 0.2) is 6.23 Å². The summed E-state index contributed by atoms with van der Waals surface area (Å²) in [5, 5.41) is 0. The van der Waals surface area contributed by atoms with E-state index >= 15 is 0 Å². The Bertz CT molecular complexity index is 1090. The molecule has 2 aliphatic rings. The zero-order chi connectivity index (χ0) is 29.8. The van der Waals surface area contributed by atoms with Crippen molar-refractivity contribution in [2.45, 2.75) is 109 Å². The van der Waals surface area contributed by atoms with Gasteiger partial charge in [-0.25, -0.2) is 4.79 Å². The molecule has 0 saturated carbocycles. The molecule has 12 nitrogen and oxygen atoms in total. The van der Waals surface area contributed by atoms with E-state index in [4.69, 9.17) is 31.9 Å². The molecule has 3 heterocycles. The molecule has 228 valence electrons. The Labute approximate surface area is 238 Å². The molecule has 0 amide bonds. The summed E-state index contributed by atoms with van der Waals surface area (Å²) in [5.41, 5.74) is -0.662. The highest BCUT2D eigenvalue weighted by Crippen LogP contribution is 2.48. The number of nitrogens with one attached hydrogen (secondary N) is 1. The van der Waals surface area contributed by atoms with E-state index in [1.807, 2.05) is 0 Å². The van der Waals surface area contributed by atoms with Crippen molar-refractivity contribution in [3.05, 3.63) is 33.1 Å². The molecule has 1 aromatic rings. The maximum atomic E-state index is 12.8. The fraction of sp³-hybridized carbons (Fsp3) is 0.808. The first-order valence-corrected chi connectivity index (χ1v) is 18.0. The second-order valence-corrected chi connectivity index (χ2v) is 20.5. The first-order valence-electron chi connectivity index (χ1n) is 14.1. The third kappa shape index (κ3) is 6.86. The average molecular weight is 603 g/mol. The second-order valence-electron chi connectivity index (χ2n) is 11.6. The van der Waals surface area contributed by atoms with Crippen LogP contribution in [0.15, 0.2) is 21.9 Å². The van der Waals surface area contributed by atoms with Crippen molar-refractivity contribution in [1.29, 1.82) is 0 Å². The smallest absolute Gasteiger partial charge is 0.335 e. The molecule has 0 aromatic carbocycles. The van der Waals surface area contributed by atoms with E-state index in [0.717, 1.165) is 0 Å². The third-order valence-electron chi connectivity index (χ3n) is 7.62. The Morgan fingerprint density at radius 2 is 1.65 bits per heavy atom. The van der Waals surface area contributed by atoms with Gasteiger partial charge >= 0.3 is 28.8 Å². The van der Waals surface area contributed by atoms with Crippen LogP contribution in [-0.2, 0) is 36.7 Å². The first-order chi connectivity index (χ1) is 18.7. The highest BCUT2D eigenvalue weighted by molar-refractivity contribution is 6.84. The molecule has 0 aliphatic carbocycles. The Morgan fingerprint density at radius 1 is 1.02 bits per heavy atom. The first kappa shape index (κ1) is 32.9. The molecule has 0 radical (unpaired) electrons. The van der Waals surface area contributed by atoms with Gasteiger partial charge in [0.25, 0.3) is 5.56 Å². The number of esters is 1. The topological polar surface area (TPSA) is 137 Å². The number of aromatic nitrogens is 2. The lowest BCUT2D eigenvalue weighted by atomic mass is 10.1. The molecule has 1 aromatic heterocycles. The van der Waals surface area contributed by atoms with Crippen molar-refractivity contribution in [3.63, 3.8) is 0 Å². The van der Waals surface area contributed by atoms with Crippen LogP contribution >= 0.6 is 0 Å². The monoisotopic (exact) mass is 602 g/mol. The van der Waals surface area contributed by atoms with E-state index in [0.29, 0.717) is 0 Å². The van der Waals surface area contributed by atoms with Crippen LogP contribution in [0, 0.1) is 0 Å². The highest BCUT2D eigenvalue weighted by Gasteiger charge is 2.62. The molecule has 2 aliphatic heterocycles. The van der Waals surface area contributed by atoms with Crippen molar-refractivity contribution < 1.29 is 36.7 Å². The number of fused-ring (bicyclic) bond motifs is 1. The molecule has 0 unspecified atom stereocenters. The normalized spacial score (nSPS) is 26.2. The number of hydrogen-bond acceptors (Lipinski definition) is 10. The number of carbonyl (C=O) groups excluding carboxylic acids is 1. The maximum Gasteiger partial charge on any atom is 0.335 e. The van der Waals surface area contributed by atoms with Gasteiger partial charge < -0.3 is 31.9 Å². The van der Waals surface area contributed by atoms with Crippen LogP contribution in [0.4, 0.5) is 0 Å². The van der Waals surface area contributed by atoms with Gasteiger partial charge in [-0.2, -0.15) is 0 Å². The van der Waals surface area contributed by atoms with Gasteiger partial charge in [-0.1, -0.05) is 55.4 Å². The van der Waals surface area contributed by atoms with Gasteiger partial charge in [-0.05, 0) is 22.2 Å². The molecule has 14 heteroatoms. The molecule has 4 atom stereocenters. The van der Waals surface area contributed by atoms with Crippen molar-refractivity contribution in [1.82, 2.24) is 9.55 Å². The summed E-state index contributed by atoms with van der Waals surface area (Å²) in [6.07, 6.45) is -1.52. The van der Waals surface area contributed by atoms with E-state index in [-0.39, 0.29) is 48.8 Å². The largest absolute Gasteiger partial charge is 0.463 e. The predicted molar refractivity (Wildman–Crippen MR) is 151 cm³/mol. The minimum absolute atomic E-state index is 0.0784. The van der Waals surface area contributed by atoms with E-state index in [9.17, 15) is 14.4 Å². The number of H-pyrrole nitrogens is 1. The van der Waals surface area contributed by atoms with Crippen LogP contribution in [0.1, 0.15) is 68.5 Å². The quantitative estimate of drug-likeness (QED) is 0.174. The molecule has 40 heavy (non-hydrogen) atoms. The summed E-state index contributed by atoms with van der Waals surface area (Å²) in [4.78, 5) is 37.9. The molecule has 0 spiro atoms. The van der Waals surface area contributed by atoms with Gasteiger partial charge in [-0.3, -0.25) is 19.1 Å². The van der Waals surface area contributed by atoms with E-state index < -0.39 is 58.9 Å². The molecule has 1 N–H and O–H groups in total. The lowest BCUT2D eigenvalue weighted by Gasteiger charge is -2.51. The number of hydrogen-bond donors (Lipinski definition) is 1. The number of carbonyl (C=O) groups is 1. The van der Waals surface area contributed by atoms with Crippen molar-refractivity contribution in [2.24, 2.45) is 0 Å². The summed E-state index contributed by atoms with van der Waals surface area (Å²) >= 11 is 0. The van der Waals surface area contributed by atoms with E-state index in [1.165, 1.54) is 23.8 Å². The Balaban J connectivity index is 2.02. The van der Waals surface area contributed by atoms with Gasteiger partial charge in [0.05, 0.1) is 13.2 Å². The fourth-order valence-electron chi connectivity index (χ4n) is 5.58. The summed E-state index contributed by atoms with van der Waals surface area (Å²) in [6.45, 7) is 18.6. The van der Waals surface area contributed by atoms with E-state index in [2.05, 4.69) is 60.4 Å². The highest BCUT2D eigenvalue weighted by atomic mass is 28.5. The van der Waals surface area contributed by atoms with Crippen LogP contribution in [0.25, 0.3) is 0 Å². The zero-order valence-corrected chi connectivity index (χ0v) is 27.1. The number of nitrogens with zero attached hydrogens (tertiary/aromatic N) is 1. The van der Waals surface area contributed by atoms with Crippen LogP contribution in [0.2, 0.25) is 22.2 Å². The lowest BCUT2D eigenvalue weighted by Crippen LogP contribution is -2.66. The number of rotatable bonds is 11. The van der Waals surface area contributed by atoms with Crippen LogP contribution in [0.3, 0.4) is 0 Å². The van der Waals surface area contributed by atoms with Crippen molar-refractivity contribution >= 4 is 23.1 Å². The van der Waals surface area contributed by atoms with Gasteiger partial charge in [0.2, 0.25) is 0 Å². The minimum atomic E-state index is -3.00. The maximum absolute atomic E-state index is 12.8. The zero-order valence-electron chi connectivity index (χ0n) is 25.1.